The van der Waals surface area contributed by atoms with Crippen LogP contribution in [0.5, 0.6) is 5.75 Å². The van der Waals surface area contributed by atoms with Gasteiger partial charge in [-0.05, 0) is 67.3 Å². The first-order chi connectivity index (χ1) is 12.4. The minimum atomic E-state index is -0.565. The average Bonchev–Trinajstić information content (AvgIpc) is 2.63. The maximum atomic E-state index is 12.5. The smallest absolute Gasteiger partial charge is 0.261 e. The molecule has 134 valence electrons. The Morgan fingerprint density at radius 2 is 1.62 bits per heavy atom. The number of carbonyl (C=O) groups excluding carboxylic acids is 1. The van der Waals surface area contributed by atoms with Gasteiger partial charge in [0, 0.05) is 0 Å². The van der Waals surface area contributed by atoms with E-state index in [-0.39, 0.29) is 11.9 Å². The Kier molecular flexibility index (Phi) is 5.27. The minimum absolute atomic E-state index is 0.0653. The van der Waals surface area contributed by atoms with Crippen LogP contribution in [0.3, 0.4) is 0 Å². The number of amides is 1. The third-order valence-corrected chi connectivity index (χ3v) is 4.79. The standard InChI is InChI=1S/C23H25NO2/c1-15-9-10-20(13-16(15)2)17(3)24-23(25)18(4)26-22-12-11-19-7-5-6-8-21(19)14-22/h5-14,17-18H,1-4H3,(H,24,25)/t17-,18-/m1/s1. The van der Waals surface area contributed by atoms with Gasteiger partial charge in [0.2, 0.25) is 0 Å². The first-order valence-electron chi connectivity index (χ1n) is 8.97. The van der Waals surface area contributed by atoms with E-state index in [1.807, 2.05) is 43.3 Å². The second-order valence-electron chi connectivity index (χ2n) is 6.84. The van der Waals surface area contributed by atoms with Gasteiger partial charge in [-0.2, -0.15) is 0 Å². The van der Waals surface area contributed by atoms with E-state index in [4.69, 9.17) is 4.74 Å². The minimum Gasteiger partial charge on any atom is -0.481 e. The monoisotopic (exact) mass is 347 g/mol. The van der Waals surface area contributed by atoms with Gasteiger partial charge in [-0.25, -0.2) is 0 Å². The van der Waals surface area contributed by atoms with Crippen molar-refractivity contribution in [2.24, 2.45) is 0 Å². The average molecular weight is 347 g/mol. The molecule has 2 atom stereocenters. The normalized spacial score (nSPS) is 13.2. The summed E-state index contributed by atoms with van der Waals surface area (Å²) < 4.78 is 5.85. The van der Waals surface area contributed by atoms with Crippen LogP contribution >= 0.6 is 0 Å². The highest BCUT2D eigenvalue weighted by molar-refractivity contribution is 5.84. The quantitative estimate of drug-likeness (QED) is 0.697. The van der Waals surface area contributed by atoms with Crippen molar-refractivity contribution in [3.63, 3.8) is 0 Å². The molecular formula is C23H25NO2. The molecule has 3 rings (SSSR count). The summed E-state index contributed by atoms with van der Waals surface area (Å²) in [5.41, 5.74) is 3.57. The predicted octanol–water partition coefficient (Wildman–Crippen LogP) is 5.10. The molecule has 0 unspecified atom stereocenters. The Hall–Kier alpha value is -2.81. The number of hydrogen-bond acceptors (Lipinski definition) is 2. The first kappa shape index (κ1) is 18.0. The van der Waals surface area contributed by atoms with Crippen LogP contribution in [0.25, 0.3) is 10.8 Å². The molecule has 0 saturated carbocycles. The maximum absolute atomic E-state index is 12.5. The molecule has 0 radical (unpaired) electrons. The first-order valence-corrected chi connectivity index (χ1v) is 8.97. The summed E-state index contributed by atoms with van der Waals surface area (Å²) in [5.74, 6) is 0.578. The lowest BCUT2D eigenvalue weighted by Gasteiger charge is -2.20. The van der Waals surface area contributed by atoms with E-state index in [0.717, 1.165) is 16.3 Å². The second-order valence-corrected chi connectivity index (χ2v) is 6.84. The van der Waals surface area contributed by atoms with E-state index in [1.165, 1.54) is 11.1 Å². The van der Waals surface area contributed by atoms with Gasteiger partial charge in [-0.1, -0.05) is 48.5 Å². The molecule has 0 aliphatic carbocycles. The lowest BCUT2D eigenvalue weighted by Crippen LogP contribution is -2.37. The molecule has 26 heavy (non-hydrogen) atoms. The van der Waals surface area contributed by atoms with Crippen LogP contribution in [0.15, 0.2) is 60.7 Å². The second kappa shape index (κ2) is 7.61. The molecule has 1 N–H and O–H groups in total. The van der Waals surface area contributed by atoms with Gasteiger partial charge >= 0.3 is 0 Å². The highest BCUT2D eigenvalue weighted by atomic mass is 16.5. The van der Waals surface area contributed by atoms with Crippen molar-refractivity contribution >= 4 is 16.7 Å². The molecule has 3 nitrogen and oxygen atoms in total. The van der Waals surface area contributed by atoms with Gasteiger partial charge in [-0.3, -0.25) is 4.79 Å². The number of nitrogens with one attached hydrogen (secondary N) is 1. The van der Waals surface area contributed by atoms with Crippen LogP contribution in [-0.2, 0) is 4.79 Å². The van der Waals surface area contributed by atoms with E-state index < -0.39 is 6.10 Å². The van der Waals surface area contributed by atoms with Crippen LogP contribution < -0.4 is 10.1 Å². The van der Waals surface area contributed by atoms with Crippen molar-refractivity contribution in [2.75, 3.05) is 0 Å². The number of carbonyl (C=O) groups is 1. The molecule has 3 heteroatoms. The summed E-state index contributed by atoms with van der Waals surface area (Å²) in [5, 5.41) is 5.29. The molecule has 0 aliphatic heterocycles. The third-order valence-electron chi connectivity index (χ3n) is 4.79. The fourth-order valence-electron chi connectivity index (χ4n) is 2.95. The summed E-state index contributed by atoms with van der Waals surface area (Å²) in [6.45, 7) is 7.93. The lowest BCUT2D eigenvalue weighted by atomic mass is 10.0. The van der Waals surface area contributed by atoms with Gasteiger partial charge in [0.1, 0.15) is 5.75 Å². The van der Waals surface area contributed by atoms with Crippen molar-refractivity contribution in [1.82, 2.24) is 5.32 Å². The summed E-state index contributed by atoms with van der Waals surface area (Å²) >= 11 is 0. The Labute approximate surface area is 155 Å². The van der Waals surface area contributed by atoms with Crippen LogP contribution in [-0.4, -0.2) is 12.0 Å². The predicted molar refractivity (Wildman–Crippen MR) is 107 cm³/mol. The molecule has 1 amide bonds. The fourth-order valence-corrected chi connectivity index (χ4v) is 2.95. The number of fused-ring (bicyclic) bond motifs is 1. The molecule has 0 spiro atoms. The maximum Gasteiger partial charge on any atom is 0.261 e. The Morgan fingerprint density at radius 1 is 0.885 bits per heavy atom. The molecule has 3 aromatic rings. The van der Waals surface area contributed by atoms with Crippen LogP contribution in [0.1, 0.15) is 36.6 Å². The SMILES string of the molecule is Cc1ccc([C@@H](C)NC(=O)[C@@H](C)Oc2ccc3ccccc3c2)cc1C. The third kappa shape index (κ3) is 4.05. The number of hydrogen-bond donors (Lipinski definition) is 1. The number of benzene rings is 3. The van der Waals surface area contributed by atoms with Crippen molar-refractivity contribution in [3.05, 3.63) is 77.4 Å². The lowest BCUT2D eigenvalue weighted by molar-refractivity contribution is -0.127. The van der Waals surface area contributed by atoms with Gasteiger partial charge < -0.3 is 10.1 Å². The van der Waals surface area contributed by atoms with E-state index in [1.54, 1.807) is 6.92 Å². The highest BCUT2D eigenvalue weighted by Gasteiger charge is 2.18. The van der Waals surface area contributed by atoms with Crippen molar-refractivity contribution < 1.29 is 9.53 Å². The van der Waals surface area contributed by atoms with Gasteiger partial charge in [-0.15, -0.1) is 0 Å². The number of aryl methyl sites for hydroxylation is 2. The van der Waals surface area contributed by atoms with Crippen LogP contribution in [0, 0.1) is 13.8 Å². The molecule has 0 saturated heterocycles. The Bertz CT molecular complexity index is 932. The molecule has 3 aromatic carbocycles. The van der Waals surface area contributed by atoms with Gasteiger partial charge in [0.25, 0.3) is 5.91 Å². The van der Waals surface area contributed by atoms with E-state index in [2.05, 4.69) is 43.4 Å². The van der Waals surface area contributed by atoms with Crippen molar-refractivity contribution in [1.29, 1.82) is 0 Å². The van der Waals surface area contributed by atoms with Crippen molar-refractivity contribution in [2.45, 2.75) is 39.8 Å². The zero-order chi connectivity index (χ0) is 18.7. The van der Waals surface area contributed by atoms with Gasteiger partial charge in [0.15, 0.2) is 6.10 Å². The summed E-state index contributed by atoms with van der Waals surface area (Å²) in [4.78, 5) is 12.5. The summed E-state index contributed by atoms with van der Waals surface area (Å²) in [7, 11) is 0. The summed E-state index contributed by atoms with van der Waals surface area (Å²) in [6, 6.07) is 20.2. The number of rotatable bonds is 5. The highest BCUT2D eigenvalue weighted by Crippen LogP contribution is 2.22. The fraction of sp³-hybridized carbons (Fsp3) is 0.261. The molecule has 0 heterocycles. The van der Waals surface area contributed by atoms with E-state index in [9.17, 15) is 4.79 Å². The Balaban J connectivity index is 1.65. The topological polar surface area (TPSA) is 38.3 Å². The summed E-state index contributed by atoms with van der Waals surface area (Å²) in [6.07, 6.45) is -0.565. The zero-order valence-corrected chi connectivity index (χ0v) is 15.7. The van der Waals surface area contributed by atoms with Crippen LogP contribution in [0.2, 0.25) is 0 Å². The molecule has 0 bridgehead atoms. The number of ether oxygens (including phenoxy) is 1. The molecule has 0 fully saturated rings. The van der Waals surface area contributed by atoms with E-state index >= 15 is 0 Å². The van der Waals surface area contributed by atoms with Crippen molar-refractivity contribution in [3.8, 4) is 5.75 Å². The molecule has 0 aliphatic rings. The Morgan fingerprint density at radius 3 is 2.35 bits per heavy atom. The zero-order valence-electron chi connectivity index (χ0n) is 15.7. The van der Waals surface area contributed by atoms with E-state index in [0.29, 0.717) is 5.75 Å². The molecular weight excluding hydrogens is 322 g/mol. The van der Waals surface area contributed by atoms with Gasteiger partial charge in [0.05, 0.1) is 6.04 Å². The largest absolute Gasteiger partial charge is 0.481 e. The molecule has 0 aromatic heterocycles. The van der Waals surface area contributed by atoms with Crippen LogP contribution in [0.4, 0.5) is 0 Å².